The Hall–Kier alpha value is -1.10. The number of aliphatic carboxylic acids is 1. The molecule has 0 radical (unpaired) electrons. The minimum absolute atomic E-state index is 0.132. The zero-order valence-corrected chi connectivity index (χ0v) is 19.9. The average Bonchev–Trinajstić information content (AvgIpc) is 2.60. The number of esters is 1. The van der Waals surface area contributed by atoms with Crippen LogP contribution < -0.4 is 0 Å². The summed E-state index contributed by atoms with van der Waals surface area (Å²) in [5.74, 6) is -1.35. The molecule has 0 bridgehead atoms. The molecule has 0 aromatic rings. The molecular weight excluding hydrogens is 366 g/mol. The van der Waals surface area contributed by atoms with Crippen LogP contribution in [0.2, 0.25) is 0 Å². The van der Waals surface area contributed by atoms with Crippen molar-refractivity contribution in [3.63, 3.8) is 0 Å². The van der Waals surface area contributed by atoms with Crippen LogP contribution in [0, 0.1) is 5.92 Å². The molecule has 0 aromatic carbocycles. The summed E-state index contributed by atoms with van der Waals surface area (Å²) in [6.45, 7) is 4.65. The number of carboxylic acid groups (broad SMARTS) is 1. The molecule has 0 fully saturated rings. The first-order valence-electron chi connectivity index (χ1n) is 11.9. The zero-order chi connectivity index (χ0) is 22.1. The third kappa shape index (κ3) is 18.7. The Balaban J connectivity index is 3.83. The van der Waals surface area contributed by atoms with Gasteiger partial charge in [0.25, 0.3) is 0 Å². The number of carbonyl (C=O) groups excluding carboxylic acids is 1. The number of hydrogen-bond acceptors (Lipinski definition) is 3. The molecule has 0 amide bonds. The average molecular weight is 415 g/mol. The maximum atomic E-state index is 12.3. The number of nitrogens with zero attached hydrogens (tertiary/aromatic N) is 1. The zero-order valence-electron chi connectivity index (χ0n) is 19.9. The van der Waals surface area contributed by atoms with E-state index < -0.39 is 12.1 Å². The van der Waals surface area contributed by atoms with Crippen molar-refractivity contribution in [1.82, 2.24) is 0 Å². The normalized spacial score (nSPS) is 13.8. The molecule has 5 heteroatoms. The molecule has 29 heavy (non-hydrogen) atoms. The van der Waals surface area contributed by atoms with Gasteiger partial charge >= 0.3 is 11.9 Å². The van der Waals surface area contributed by atoms with Crippen LogP contribution in [0.4, 0.5) is 0 Å². The van der Waals surface area contributed by atoms with Gasteiger partial charge in [-0.3, -0.25) is 9.59 Å². The summed E-state index contributed by atoms with van der Waals surface area (Å²) >= 11 is 0. The molecule has 0 aliphatic carbocycles. The Morgan fingerprint density at radius 2 is 1.28 bits per heavy atom. The van der Waals surface area contributed by atoms with Crippen LogP contribution in [0.3, 0.4) is 0 Å². The van der Waals surface area contributed by atoms with Crippen molar-refractivity contribution >= 4 is 11.9 Å². The molecule has 0 rings (SSSR count). The van der Waals surface area contributed by atoms with E-state index in [1.807, 2.05) is 28.1 Å². The number of ether oxygens (including phenoxy) is 1. The molecule has 0 aromatic heterocycles. The molecule has 1 N–H and O–H groups in total. The molecule has 1 unspecified atom stereocenters. The lowest BCUT2D eigenvalue weighted by Crippen LogP contribution is -2.44. The van der Waals surface area contributed by atoms with Crippen molar-refractivity contribution in [2.45, 2.75) is 110 Å². The van der Waals surface area contributed by atoms with Crippen LogP contribution >= 0.6 is 0 Å². The minimum Gasteiger partial charge on any atom is -0.481 e. The molecule has 0 aliphatic heterocycles. The minimum atomic E-state index is -0.926. The van der Waals surface area contributed by atoms with Gasteiger partial charge in [0.05, 0.1) is 33.5 Å². The first-order chi connectivity index (χ1) is 13.7. The smallest absolute Gasteiger partial charge is 0.309 e. The molecule has 0 spiro atoms. The van der Waals surface area contributed by atoms with Crippen LogP contribution in [-0.4, -0.2) is 55.3 Å². The summed E-state index contributed by atoms with van der Waals surface area (Å²) in [6, 6.07) is 0. The van der Waals surface area contributed by atoms with Gasteiger partial charge in [-0.2, -0.15) is 0 Å². The van der Waals surface area contributed by atoms with Gasteiger partial charge in [-0.1, -0.05) is 90.9 Å². The number of unbranched alkanes of at least 4 members (excludes halogenated alkanes) is 11. The van der Waals surface area contributed by atoms with Crippen molar-refractivity contribution in [2.24, 2.45) is 5.92 Å². The maximum Gasteiger partial charge on any atom is 0.309 e. The topological polar surface area (TPSA) is 63.6 Å². The fraction of sp³-hybridized carbons (Fsp3) is 0.917. The Labute approximate surface area is 179 Å². The molecule has 0 aliphatic rings. The van der Waals surface area contributed by atoms with E-state index in [0.29, 0.717) is 11.0 Å². The van der Waals surface area contributed by atoms with Crippen molar-refractivity contribution in [3.8, 4) is 0 Å². The van der Waals surface area contributed by atoms with Crippen molar-refractivity contribution in [1.29, 1.82) is 0 Å². The number of carbonyl (C=O) groups is 2. The van der Waals surface area contributed by atoms with E-state index in [9.17, 15) is 9.59 Å². The second-order valence-corrected chi connectivity index (χ2v) is 9.71. The third-order valence-electron chi connectivity index (χ3n) is 5.33. The highest BCUT2D eigenvalue weighted by molar-refractivity contribution is 5.73. The largest absolute Gasteiger partial charge is 0.481 e. The Morgan fingerprint density at radius 1 is 0.828 bits per heavy atom. The van der Waals surface area contributed by atoms with Crippen molar-refractivity contribution in [2.75, 3.05) is 27.7 Å². The van der Waals surface area contributed by atoms with Gasteiger partial charge < -0.3 is 14.3 Å². The lowest BCUT2D eigenvalue weighted by molar-refractivity contribution is -0.873. The van der Waals surface area contributed by atoms with E-state index in [0.717, 1.165) is 19.3 Å². The maximum absolute atomic E-state index is 12.3. The molecular formula is C24H48NO4+. The third-order valence-corrected chi connectivity index (χ3v) is 5.33. The fourth-order valence-corrected chi connectivity index (χ4v) is 3.64. The first kappa shape index (κ1) is 27.9. The summed E-state index contributed by atoms with van der Waals surface area (Å²) in [4.78, 5) is 23.4. The first-order valence-corrected chi connectivity index (χ1v) is 11.9. The van der Waals surface area contributed by atoms with Crippen molar-refractivity contribution < 1.29 is 23.9 Å². The van der Waals surface area contributed by atoms with Gasteiger partial charge in [0.15, 0.2) is 6.10 Å². The number of rotatable bonds is 19. The Morgan fingerprint density at radius 3 is 1.69 bits per heavy atom. The van der Waals surface area contributed by atoms with E-state index in [2.05, 4.69) is 6.92 Å². The van der Waals surface area contributed by atoms with Gasteiger partial charge in [0.1, 0.15) is 6.54 Å². The second-order valence-electron chi connectivity index (χ2n) is 9.71. The Kier molecular flexibility index (Phi) is 16.0. The standard InChI is InChI=1S/C24H47NO4/c1-6-7-8-9-10-11-12-13-14-15-16-17-18-21(2)24(28)29-22(19-23(26)27)20-25(3,4)5/h21-22H,6-20H2,1-5H3/p+1/t21?,22-/m0/s1. The van der Waals surface area contributed by atoms with E-state index in [4.69, 9.17) is 9.84 Å². The van der Waals surface area contributed by atoms with Gasteiger partial charge in [-0.05, 0) is 6.42 Å². The molecule has 0 saturated carbocycles. The lowest BCUT2D eigenvalue weighted by atomic mass is 10.0. The quantitative estimate of drug-likeness (QED) is 0.165. The second kappa shape index (κ2) is 16.7. The molecule has 0 saturated heterocycles. The van der Waals surface area contributed by atoms with Gasteiger partial charge in [-0.25, -0.2) is 0 Å². The van der Waals surface area contributed by atoms with Crippen molar-refractivity contribution in [3.05, 3.63) is 0 Å². The van der Waals surface area contributed by atoms with Crippen LogP contribution in [0.25, 0.3) is 0 Å². The predicted octanol–water partition coefficient (Wildman–Crippen LogP) is 5.81. The highest BCUT2D eigenvalue weighted by atomic mass is 16.5. The summed E-state index contributed by atoms with van der Waals surface area (Å²) in [6.07, 6.45) is 15.8. The predicted molar refractivity (Wildman–Crippen MR) is 120 cm³/mol. The SMILES string of the molecule is CCCCCCCCCCCCCCC(C)C(=O)O[C@@H](CC(=O)O)C[N+](C)(C)C. The molecule has 5 nitrogen and oxygen atoms in total. The summed E-state index contributed by atoms with van der Waals surface area (Å²) in [7, 11) is 5.91. The van der Waals surface area contributed by atoms with E-state index in [-0.39, 0.29) is 18.3 Å². The van der Waals surface area contributed by atoms with E-state index in [1.165, 1.54) is 64.2 Å². The number of quaternary nitrogens is 1. The fourth-order valence-electron chi connectivity index (χ4n) is 3.64. The Bertz CT molecular complexity index is 431. The molecule has 2 atom stereocenters. The molecule has 0 heterocycles. The van der Waals surface area contributed by atoms with E-state index >= 15 is 0 Å². The molecule has 172 valence electrons. The lowest BCUT2D eigenvalue weighted by Gasteiger charge is -2.29. The van der Waals surface area contributed by atoms with Gasteiger partial charge in [0.2, 0.25) is 0 Å². The van der Waals surface area contributed by atoms with Crippen LogP contribution in [0.1, 0.15) is 104 Å². The number of likely N-dealkylation sites (N-methyl/N-ethyl adjacent to an activating group) is 1. The summed E-state index contributed by atoms with van der Waals surface area (Å²) in [5, 5.41) is 9.06. The highest BCUT2D eigenvalue weighted by Crippen LogP contribution is 2.16. The summed E-state index contributed by atoms with van der Waals surface area (Å²) in [5.41, 5.74) is 0. The number of carboxylic acids is 1. The van der Waals surface area contributed by atoms with Gasteiger partial charge in [-0.15, -0.1) is 0 Å². The summed E-state index contributed by atoms with van der Waals surface area (Å²) < 4.78 is 6.09. The highest BCUT2D eigenvalue weighted by Gasteiger charge is 2.26. The van der Waals surface area contributed by atoms with Gasteiger partial charge in [0, 0.05) is 0 Å². The van der Waals surface area contributed by atoms with Crippen LogP contribution in [0.15, 0.2) is 0 Å². The number of hydrogen-bond donors (Lipinski definition) is 1. The van der Waals surface area contributed by atoms with E-state index in [1.54, 1.807) is 0 Å². The monoisotopic (exact) mass is 414 g/mol. The van der Waals surface area contributed by atoms with Crippen LogP contribution in [-0.2, 0) is 14.3 Å². The van der Waals surface area contributed by atoms with Crippen LogP contribution in [0.5, 0.6) is 0 Å².